The molecule has 6 nitrogen and oxygen atoms in total. The smallest absolute Gasteiger partial charge is 0.744 e. The first kappa shape index (κ1) is 48.5. The van der Waals surface area contributed by atoms with E-state index in [0.717, 1.165) is 25.7 Å². The van der Waals surface area contributed by atoms with E-state index in [9.17, 15) is 25.9 Å². The Morgan fingerprint density at radius 1 is 0.388 bits per heavy atom. The number of rotatable bonds is 28. The molecule has 276 valence electrons. The molecule has 0 heterocycles. The van der Waals surface area contributed by atoms with Gasteiger partial charge in [0.15, 0.2) is 0 Å². The number of hydrogen-bond donors (Lipinski definition) is 0. The van der Waals surface area contributed by atoms with Crippen molar-refractivity contribution in [3.05, 3.63) is 59.7 Å². The van der Waals surface area contributed by atoms with Crippen molar-refractivity contribution in [3.8, 4) is 0 Å². The molecule has 0 spiro atoms. The van der Waals surface area contributed by atoms with E-state index >= 15 is 0 Å². The fourth-order valence-electron chi connectivity index (χ4n) is 6.22. The van der Waals surface area contributed by atoms with Crippen LogP contribution in [0.2, 0.25) is 0 Å². The van der Waals surface area contributed by atoms with Gasteiger partial charge in [-0.25, -0.2) is 16.8 Å². The second-order valence-electron chi connectivity index (χ2n) is 13.4. The first-order chi connectivity index (χ1) is 23.1. The zero-order valence-electron chi connectivity index (χ0n) is 31.0. The maximum Gasteiger partial charge on any atom is 2.00 e. The normalized spacial score (nSPS) is 11.5. The molecule has 0 amide bonds. The van der Waals surface area contributed by atoms with E-state index in [1.165, 1.54) is 141 Å². The molecule has 2 aromatic carbocycles. The predicted molar refractivity (Wildman–Crippen MR) is 204 cm³/mol. The second-order valence-corrected chi connectivity index (χ2v) is 16.1. The summed E-state index contributed by atoms with van der Waals surface area (Å²) in [6.45, 7) is 4.50. The fourth-order valence-corrected chi connectivity index (χ4v) is 7.69. The Morgan fingerprint density at radius 3 is 0.857 bits per heavy atom. The fraction of sp³-hybridized carbons (Fsp3) is 0.700. The second kappa shape index (κ2) is 31.1. The summed E-state index contributed by atoms with van der Waals surface area (Å²) in [6.07, 6.45) is 32.0. The van der Waals surface area contributed by atoms with Crippen LogP contribution < -0.4 is 0 Å². The average molecular weight is 747 g/mol. The molecular weight excluding hydrogens is 681 g/mol. The summed E-state index contributed by atoms with van der Waals surface area (Å²) >= 11 is 0. The molecular formula is C40H66CaO6S2. The number of aryl methyl sites for hydroxylation is 2. The molecule has 9 heteroatoms. The van der Waals surface area contributed by atoms with Crippen molar-refractivity contribution in [2.75, 3.05) is 0 Å². The Kier molecular flexibility index (Phi) is 30.8. The van der Waals surface area contributed by atoms with Crippen LogP contribution in [0.5, 0.6) is 0 Å². The van der Waals surface area contributed by atoms with Crippen molar-refractivity contribution in [3.63, 3.8) is 0 Å². The molecule has 0 atom stereocenters. The first-order valence-corrected chi connectivity index (χ1v) is 22.0. The molecule has 0 saturated carbocycles. The SMILES string of the molecule is CCCCCCCCCCCCCCc1ccccc1S(=O)(=O)[O-].CCCCCCCCCCCCCCc1ccccc1S(=O)(=O)[O-].[Ca+2]. The van der Waals surface area contributed by atoms with Crippen LogP contribution in [0.3, 0.4) is 0 Å². The van der Waals surface area contributed by atoms with Gasteiger partial charge < -0.3 is 9.11 Å². The molecule has 0 bridgehead atoms. The molecule has 0 aromatic heterocycles. The molecule has 49 heavy (non-hydrogen) atoms. The molecule has 0 unspecified atom stereocenters. The third-order valence-electron chi connectivity index (χ3n) is 9.08. The Labute approximate surface area is 331 Å². The van der Waals surface area contributed by atoms with Gasteiger partial charge in [0.25, 0.3) is 0 Å². The van der Waals surface area contributed by atoms with Gasteiger partial charge in [0.1, 0.15) is 20.2 Å². The molecule has 0 aliphatic carbocycles. The maximum absolute atomic E-state index is 11.2. The predicted octanol–water partition coefficient (Wildman–Crippen LogP) is 11.3. The van der Waals surface area contributed by atoms with Gasteiger partial charge in [-0.1, -0.05) is 192 Å². The van der Waals surface area contributed by atoms with Crippen molar-refractivity contribution in [1.82, 2.24) is 0 Å². The van der Waals surface area contributed by atoms with Crippen molar-refractivity contribution in [1.29, 1.82) is 0 Å². The van der Waals surface area contributed by atoms with Crippen LogP contribution in [-0.2, 0) is 33.1 Å². The Bertz CT molecular complexity index is 1180. The van der Waals surface area contributed by atoms with Crippen LogP contribution >= 0.6 is 0 Å². The third-order valence-corrected chi connectivity index (χ3v) is 11.0. The molecule has 0 saturated heterocycles. The van der Waals surface area contributed by atoms with Crippen LogP contribution in [0.25, 0.3) is 0 Å². The summed E-state index contributed by atoms with van der Waals surface area (Å²) in [6, 6.07) is 13.1. The van der Waals surface area contributed by atoms with Crippen LogP contribution in [0.4, 0.5) is 0 Å². The number of hydrogen-bond acceptors (Lipinski definition) is 6. The van der Waals surface area contributed by atoms with Gasteiger partial charge in [0, 0.05) is 0 Å². The number of benzene rings is 2. The average Bonchev–Trinajstić information content (AvgIpc) is 3.05. The van der Waals surface area contributed by atoms with Crippen LogP contribution in [0.15, 0.2) is 58.3 Å². The van der Waals surface area contributed by atoms with E-state index in [1.54, 1.807) is 36.4 Å². The third kappa shape index (κ3) is 26.0. The van der Waals surface area contributed by atoms with Gasteiger partial charge in [-0.15, -0.1) is 0 Å². The summed E-state index contributed by atoms with van der Waals surface area (Å²) in [5, 5.41) is 0. The minimum atomic E-state index is -4.35. The molecule has 0 aliphatic heterocycles. The van der Waals surface area contributed by atoms with E-state index in [-0.39, 0.29) is 47.5 Å². The van der Waals surface area contributed by atoms with Crippen LogP contribution in [0.1, 0.15) is 179 Å². The summed E-state index contributed by atoms with van der Waals surface area (Å²) in [5.74, 6) is 0. The molecule has 2 rings (SSSR count). The minimum absolute atomic E-state index is 0. The Morgan fingerprint density at radius 2 is 0.612 bits per heavy atom. The minimum Gasteiger partial charge on any atom is -0.744 e. The van der Waals surface area contributed by atoms with Gasteiger partial charge in [0.2, 0.25) is 0 Å². The summed E-state index contributed by atoms with van der Waals surface area (Å²) in [7, 11) is -8.70. The van der Waals surface area contributed by atoms with Crippen molar-refractivity contribution >= 4 is 58.0 Å². The molecule has 2 aromatic rings. The topological polar surface area (TPSA) is 114 Å². The van der Waals surface area contributed by atoms with Crippen molar-refractivity contribution < 1.29 is 25.9 Å². The molecule has 0 radical (unpaired) electrons. The zero-order chi connectivity index (χ0) is 35.4. The van der Waals surface area contributed by atoms with Crippen LogP contribution in [-0.4, -0.2) is 63.7 Å². The summed E-state index contributed by atoms with van der Waals surface area (Å²) in [5.41, 5.74) is 1.33. The number of unbranched alkanes of at least 4 members (excludes halogenated alkanes) is 22. The first-order valence-electron chi connectivity index (χ1n) is 19.2. The molecule has 0 aliphatic rings. The zero-order valence-corrected chi connectivity index (χ0v) is 34.8. The van der Waals surface area contributed by atoms with Gasteiger partial charge in [-0.3, -0.25) is 0 Å². The summed E-state index contributed by atoms with van der Waals surface area (Å²) in [4.78, 5) is -0.0962. The van der Waals surface area contributed by atoms with Gasteiger partial charge >= 0.3 is 37.7 Å². The quantitative estimate of drug-likeness (QED) is 0.0486. The van der Waals surface area contributed by atoms with E-state index in [2.05, 4.69) is 13.8 Å². The van der Waals surface area contributed by atoms with Gasteiger partial charge in [0.05, 0.1) is 9.79 Å². The largest absolute Gasteiger partial charge is 2.00 e. The standard InChI is InChI=1S/2C20H34O3S.Ca/c2*1-2-3-4-5-6-7-8-9-10-11-12-13-16-19-17-14-15-18-20(19)24(21,22)23;/h2*14-15,17-18H,2-13,16H2,1H3,(H,21,22,23);/q;;+2/p-2. The monoisotopic (exact) mass is 746 g/mol. The van der Waals surface area contributed by atoms with Crippen LogP contribution in [0, 0.1) is 0 Å². The van der Waals surface area contributed by atoms with Gasteiger partial charge in [-0.05, 0) is 48.9 Å². The summed E-state index contributed by atoms with van der Waals surface area (Å²) < 4.78 is 67.3. The van der Waals surface area contributed by atoms with Crippen molar-refractivity contribution in [2.24, 2.45) is 0 Å². The van der Waals surface area contributed by atoms with Crippen molar-refractivity contribution in [2.45, 2.75) is 191 Å². The van der Waals surface area contributed by atoms with Gasteiger partial charge in [-0.2, -0.15) is 0 Å². The van der Waals surface area contributed by atoms with E-state index in [1.807, 2.05) is 0 Å². The van der Waals surface area contributed by atoms with E-state index in [4.69, 9.17) is 0 Å². The maximum atomic E-state index is 11.2. The molecule has 0 fully saturated rings. The Balaban J connectivity index is 0.000000922. The molecule has 0 N–H and O–H groups in total. The van der Waals surface area contributed by atoms with E-state index < -0.39 is 20.2 Å². The Hall–Kier alpha value is -0.480. The van der Waals surface area contributed by atoms with E-state index in [0.29, 0.717) is 24.0 Å².